The fourth-order valence-electron chi connectivity index (χ4n) is 2.71. The average Bonchev–Trinajstić information content (AvgIpc) is 2.66. The van der Waals surface area contributed by atoms with Crippen molar-refractivity contribution in [2.75, 3.05) is 26.1 Å². The van der Waals surface area contributed by atoms with Crippen LogP contribution in [0, 0.1) is 10.1 Å². The number of anilines is 1. The van der Waals surface area contributed by atoms with E-state index in [2.05, 4.69) is 5.32 Å². The molecule has 144 valence electrons. The number of aliphatic hydroxyl groups excluding tert-OH is 1. The summed E-state index contributed by atoms with van der Waals surface area (Å²) in [6, 6.07) is 10.9. The molecule has 0 aromatic heterocycles. The number of hydrogen-bond acceptors (Lipinski definition) is 6. The van der Waals surface area contributed by atoms with Crippen molar-refractivity contribution in [3.05, 3.63) is 63.7 Å². The predicted octanol–water partition coefficient (Wildman–Crippen LogP) is 2.52. The van der Waals surface area contributed by atoms with Crippen molar-refractivity contribution in [3.63, 3.8) is 0 Å². The van der Waals surface area contributed by atoms with Crippen LogP contribution in [0.15, 0.2) is 42.5 Å². The summed E-state index contributed by atoms with van der Waals surface area (Å²) in [5.74, 6) is -0.356. The fraction of sp³-hybridized carbons (Fsp3) is 0.316. The van der Waals surface area contributed by atoms with Crippen LogP contribution >= 0.6 is 0 Å². The molecule has 0 radical (unpaired) electrons. The number of carbonyl (C=O) groups excluding carboxylic acids is 1. The number of nitrogens with zero attached hydrogens (tertiary/aromatic N) is 2. The molecule has 0 unspecified atom stereocenters. The molecule has 1 amide bonds. The molecule has 2 aromatic carbocycles. The van der Waals surface area contributed by atoms with E-state index in [1.807, 2.05) is 6.07 Å². The third-order valence-corrected chi connectivity index (χ3v) is 4.19. The Morgan fingerprint density at radius 3 is 2.41 bits per heavy atom. The first-order chi connectivity index (χ1) is 12.8. The van der Waals surface area contributed by atoms with Gasteiger partial charge in [-0.15, -0.1) is 0 Å². The van der Waals surface area contributed by atoms with Gasteiger partial charge in [-0.05, 0) is 12.5 Å². The molecule has 2 aromatic rings. The molecule has 2 atom stereocenters. The number of ether oxygens (including phenoxy) is 1. The summed E-state index contributed by atoms with van der Waals surface area (Å²) in [6.07, 6.45) is -0.919. The highest BCUT2D eigenvalue weighted by molar-refractivity contribution is 5.99. The summed E-state index contributed by atoms with van der Waals surface area (Å²) >= 11 is 0. The molecule has 8 heteroatoms. The summed E-state index contributed by atoms with van der Waals surface area (Å²) in [5, 5.41) is 24.5. The molecule has 0 saturated carbocycles. The third kappa shape index (κ3) is 4.53. The zero-order valence-electron chi connectivity index (χ0n) is 15.7. The van der Waals surface area contributed by atoms with Crippen LogP contribution in [0.4, 0.5) is 11.4 Å². The summed E-state index contributed by atoms with van der Waals surface area (Å²) in [5.41, 5.74) is 0.807. The lowest BCUT2D eigenvalue weighted by atomic mass is 10.0. The van der Waals surface area contributed by atoms with Gasteiger partial charge in [0.25, 0.3) is 11.6 Å². The second kappa shape index (κ2) is 8.50. The van der Waals surface area contributed by atoms with E-state index < -0.39 is 23.0 Å². The van der Waals surface area contributed by atoms with Crippen molar-refractivity contribution in [2.24, 2.45) is 0 Å². The molecule has 27 heavy (non-hydrogen) atoms. The lowest BCUT2D eigenvalue weighted by Crippen LogP contribution is -2.37. The zero-order valence-corrected chi connectivity index (χ0v) is 15.7. The minimum atomic E-state index is -0.919. The Bertz CT molecular complexity index is 824. The Morgan fingerprint density at radius 2 is 1.89 bits per heavy atom. The van der Waals surface area contributed by atoms with Crippen LogP contribution in [0.3, 0.4) is 0 Å². The van der Waals surface area contributed by atoms with Crippen molar-refractivity contribution in [3.8, 4) is 5.75 Å². The Balaban J connectivity index is 2.32. The number of hydrogen-bond donors (Lipinski definition) is 2. The molecule has 2 rings (SSSR count). The molecule has 2 N–H and O–H groups in total. The maximum Gasteiger partial charge on any atom is 0.293 e. The van der Waals surface area contributed by atoms with Crippen molar-refractivity contribution in [1.29, 1.82) is 0 Å². The van der Waals surface area contributed by atoms with Crippen LogP contribution in [-0.4, -0.2) is 43.2 Å². The highest BCUT2D eigenvalue weighted by Gasteiger charge is 2.26. The lowest BCUT2D eigenvalue weighted by Gasteiger charge is -2.22. The molecule has 0 saturated heterocycles. The van der Waals surface area contributed by atoms with Crippen LogP contribution in [-0.2, 0) is 0 Å². The van der Waals surface area contributed by atoms with Crippen LogP contribution in [0.5, 0.6) is 5.75 Å². The van der Waals surface area contributed by atoms with E-state index in [1.165, 1.54) is 19.2 Å². The highest BCUT2D eigenvalue weighted by Crippen LogP contribution is 2.34. The molecule has 0 bridgehead atoms. The number of amides is 1. The monoisotopic (exact) mass is 373 g/mol. The molecule has 0 aliphatic carbocycles. The van der Waals surface area contributed by atoms with E-state index in [9.17, 15) is 20.0 Å². The standard InChI is InChI=1S/C19H23N3O5/c1-12(18(23)13-8-6-5-7-9-13)20-19(24)14-10-16(22(25)26)15(21(2)3)11-17(14)27-4/h5-12,18,23H,1-4H3,(H,20,24)/t12-,18+/m1/s1. The molecular formula is C19H23N3O5. The molecule has 0 heterocycles. The highest BCUT2D eigenvalue weighted by atomic mass is 16.6. The van der Waals surface area contributed by atoms with Gasteiger partial charge in [-0.2, -0.15) is 0 Å². The Kier molecular flexibility index (Phi) is 6.36. The molecule has 0 aliphatic rings. The van der Waals surface area contributed by atoms with Gasteiger partial charge in [-0.3, -0.25) is 14.9 Å². The topological polar surface area (TPSA) is 105 Å². The van der Waals surface area contributed by atoms with Crippen molar-refractivity contribution in [2.45, 2.75) is 19.1 Å². The first-order valence-corrected chi connectivity index (χ1v) is 8.33. The van der Waals surface area contributed by atoms with E-state index in [-0.39, 0.29) is 17.0 Å². The summed E-state index contributed by atoms with van der Waals surface area (Å²) < 4.78 is 5.25. The van der Waals surface area contributed by atoms with Gasteiger partial charge < -0.3 is 20.1 Å². The second-order valence-electron chi connectivity index (χ2n) is 6.31. The average molecular weight is 373 g/mol. The molecule has 0 spiro atoms. The Hall–Kier alpha value is -3.13. The maximum atomic E-state index is 12.7. The van der Waals surface area contributed by atoms with Gasteiger partial charge in [-0.25, -0.2) is 0 Å². The quantitative estimate of drug-likeness (QED) is 0.571. The first-order valence-electron chi connectivity index (χ1n) is 8.33. The number of rotatable bonds is 7. The van der Waals surface area contributed by atoms with Gasteiger partial charge in [0.1, 0.15) is 11.4 Å². The third-order valence-electron chi connectivity index (χ3n) is 4.19. The number of nitro groups is 1. The van der Waals surface area contributed by atoms with E-state index in [1.54, 1.807) is 50.2 Å². The van der Waals surface area contributed by atoms with Crippen LogP contribution < -0.4 is 15.0 Å². The van der Waals surface area contributed by atoms with Crippen molar-refractivity contribution < 1.29 is 19.6 Å². The normalized spacial score (nSPS) is 12.8. The first kappa shape index (κ1) is 20.2. The number of methoxy groups -OCH3 is 1. The van der Waals surface area contributed by atoms with Crippen molar-refractivity contribution in [1.82, 2.24) is 5.32 Å². The fourth-order valence-corrected chi connectivity index (χ4v) is 2.71. The smallest absolute Gasteiger partial charge is 0.293 e. The van der Waals surface area contributed by atoms with Gasteiger partial charge >= 0.3 is 0 Å². The van der Waals surface area contributed by atoms with Gasteiger partial charge in [-0.1, -0.05) is 30.3 Å². The van der Waals surface area contributed by atoms with Crippen LogP contribution in [0.1, 0.15) is 28.9 Å². The Morgan fingerprint density at radius 1 is 1.26 bits per heavy atom. The Labute approximate surface area is 157 Å². The summed E-state index contributed by atoms with van der Waals surface area (Å²) in [6.45, 7) is 1.66. The summed E-state index contributed by atoms with van der Waals surface area (Å²) in [4.78, 5) is 25.1. The maximum absolute atomic E-state index is 12.7. The SMILES string of the molecule is COc1cc(N(C)C)c([N+](=O)[O-])cc1C(=O)N[C@H](C)[C@H](O)c1ccccc1. The number of benzene rings is 2. The number of nitrogens with one attached hydrogen (secondary N) is 1. The van der Waals surface area contributed by atoms with E-state index in [4.69, 9.17) is 4.74 Å². The van der Waals surface area contributed by atoms with Crippen LogP contribution in [0.2, 0.25) is 0 Å². The molecular weight excluding hydrogens is 350 g/mol. The van der Waals surface area contributed by atoms with E-state index >= 15 is 0 Å². The second-order valence-corrected chi connectivity index (χ2v) is 6.31. The van der Waals surface area contributed by atoms with Gasteiger partial charge in [0, 0.05) is 26.2 Å². The largest absolute Gasteiger partial charge is 0.496 e. The van der Waals surface area contributed by atoms with Gasteiger partial charge in [0.15, 0.2) is 0 Å². The molecule has 0 aliphatic heterocycles. The number of nitro benzene ring substituents is 1. The summed E-state index contributed by atoms with van der Waals surface area (Å²) in [7, 11) is 4.72. The van der Waals surface area contributed by atoms with Crippen molar-refractivity contribution >= 4 is 17.3 Å². The molecule has 0 fully saturated rings. The lowest BCUT2D eigenvalue weighted by molar-refractivity contribution is -0.384. The zero-order chi connectivity index (χ0) is 20.1. The van der Waals surface area contributed by atoms with Gasteiger partial charge in [0.2, 0.25) is 0 Å². The number of carbonyl (C=O) groups is 1. The predicted molar refractivity (Wildman–Crippen MR) is 102 cm³/mol. The minimum Gasteiger partial charge on any atom is -0.496 e. The minimum absolute atomic E-state index is 0.0295. The van der Waals surface area contributed by atoms with Gasteiger partial charge in [0.05, 0.1) is 29.7 Å². The number of aliphatic hydroxyl groups is 1. The van der Waals surface area contributed by atoms with E-state index in [0.717, 1.165) is 0 Å². The van der Waals surface area contributed by atoms with E-state index in [0.29, 0.717) is 11.3 Å². The molecule has 8 nitrogen and oxygen atoms in total. The van der Waals surface area contributed by atoms with Crippen LogP contribution in [0.25, 0.3) is 0 Å².